The number of aryl methyl sites for hydroxylation is 1. The second kappa shape index (κ2) is 5.85. The molecule has 4 heteroatoms. The van der Waals surface area contributed by atoms with Crippen molar-refractivity contribution in [2.75, 3.05) is 0 Å². The predicted octanol–water partition coefficient (Wildman–Crippen LogP) is 3.72. The molecule has 2 aromatic rings. The van der Waals surface area contributed by atoms with Crippen molar-refractivity contribution in [1.82, 2.24) is 5.32 Å². The summed E-state index contributed by atoms with van der Waals surface area (Å²) in [5.41, 5.74) is 1.82. The van der Waals surface area contributed by atoms with Gasteiger partial charge in [0.05, 0.1) is 5.56 Å². The highest BCUT2D eigenvalue weighted by molar-refractivity contribution is 6.30. The standard InChI is InChI=1S/C15H13ClFNO/c1-10-2-7-14(17)13(8-10)15(19)18-9-11-3-5-12(16)6-4-11/h2-8H,9H2,1H3,(H,18,19). The predicted molar refractivity (Wildman–Crippen MR) is 73.8 cm³/mol. The molecule has 0 spiro atoms. The molecular formula is C15H13ClFNO. The number of benzene rings is 2. The molecule has 0 saturated heterocycles. The molecule has 0 unspecified atom stereocenters. The van der Waals surface area contributed by atoms with Crippen LogP contribution in [0.2, 0.25) is 5.02 Å². The van der Waals surface area contributed by atoms with Crippen molar-refractivity contribution in [2.24, 2.45) is 0 Å². The first kappa shape index (κ1) is 13.6. The van der Waals surface area contributed by atoms with Gasteiger partial charge in [-0.05, 0) is 36.8 Å². The van der Waals surface area contributed by atoms with Gasteiger partial charge in [-0.2, -0.15) is 0 Å². The Hall–Kier alpha value is -1.87. The summed E-state index contributed by atoms with van der Waals surface area (Å²) in [6.07, 6.45) is 0. The second-order valence-corrected chi connectivity index (χ2v) is 4.73. The molecule has 1 amide bonds. The topological polar surface area (TPSA) is 29.1 Å². The van der Waals surface area contributed by atoms with E-state index in [9.17, 15) is 9.18 Å². The van der Waals surface area contributed by atoms with Gasteiger partial charge in [0.15, 0.2) is 0 Å². The molecule has 2 nitrogen and oxygen atoms in total. The minimum absolute atomic E-state index is 0.0639. The third-order valence-electron chi connectivity index (χ3n) is 2.73. The summed E-state index contributed by atoms with van der Waals surface area (Å²) >= 11 is 5.77. The van der Waals surface area contributed by atoms with Crippen LogP contribution in [0.3, 0.4) is 0 Å². The third kappa shape index (κ3) is 3.55. The van der Waals surface area contributed by atoms with Crippen LogP contribution in [0.5, 0.6) is 0 Å². The zero-order valence-electron chi connectivity index (χ0n) is 10.4. The van der Waals surface area contributed by atoms with E-state index in [-0.39, 0.29) is 5.56 Å². The summed E-state index contributed by atoms with van der Waals surface area (Å²) in [6, 6.07) is 11.6. The van der Waals surface area contributed by atoms with Crippen LogP contribution in [0.15, 0.2) is 42.5 Å². The molecule has 0 aliphatic rings. The highest BCUT2D eigenvalue weighted by atomic mass is 35.5. The van der Waals surface area contributed by atoms with Crippen molar-refractivity contribution in [1.29, 1.82) is 0 Å². The van der Waals surface area contributed by atoms with E-state index < -0.39 is 11.7 Å². The lowest BCUT2D eigenvalue weighted by atomic mass is 10.1. The van der Waals surface area contributed by atoms with Crippen molar-refractivity contribution in [3.05, 3.63) is 70.0 Å². The average molecular weight is 278 g/mol. The van der Waals surface area contributed by atoms with Crippen molar-refractivity contribution < 1.29 is 9.18 Å². The van der Waals surface area contributed by atoms with E-state index in [1.165, 1.54) is 12.1 Å². The molecule has 1 N–H and O–H groups in total. The van der Waals surface area contributed by atoms with Crippen molar-refractivity contribution in [3.63, 3.8) is 0 Å². The van der Waals surface area contributed by atoms with Gasteiger partial charge in [-0.15, -0.1) is 0 Å². The molecule has 2 aromatic carbocycles. The monoisotopic (exact) mass is 277 g/mol. The molecular weight excluding hydrogens is 265 g/mol. The molecule has 0 bridgehead atoms. The summed E-state index contributed by atoms with van der Waals surface area (Å²) in [4.78, 5) is 11.9. The molecule has 0 heterocycles. The Labute approximate surface area is 116 Å². The largest absolute Gasteiger partial charge is 0.348 e. The van der Waals surface area contributed by atoms with Crippen LogP contribution < -0.4 is 5.32 Å². The lowest BCUT2D eigenvalue weighted by molar-refractivity contribution is 0.0947. The van der Waals surface area contributed by atoms with Gasteiger partial charge in [0.25, 0.3) is 5.91 Å². The Kier molecular flexibility index (Phi) is 4.17. The molecule has 0 atom stereocenters. The molecule has 0 aromatic heterocycles. The van der Waals surface area contributed by atoms with Crippen LogP contribution in [-0.4, -0.2) is 5.91 Å². The van der Waals surface area contributed by atoms with Gasteiger partial charge in [-0.25, -0.2) is 4.39 Å². The molecule has 98 valence electrons. The van der Waals surface area contributed by atoms with Gasteiger partial charge in [-0.1, -0.05) is 35.4 Å². The zero-order valence-corrected chi connectivity index (χ0v) is 11.2. The van der Waals surface area contributed by atoms with E-state index in [0.29, 0.717) is 11.6 Å². The van der Waals surface area contributed by atoms with E-state index in [4.69, 9.17) is 11.6 Å². The van der Waals surface area contributed by atoms with E-state index in [0.717, 1.165) is 11.1 Å². The maximum Gasteiger partial charge on any atom is 0.254 e. The number of amides is 1. The smallest absolute Gasteiger partial charge is 0.254 e. The summed E-state index contributed by atoms with van der Waals surface area (Å²) in [7, 11) is 0. The maximum absolute atomic E-state index is 13.5. The fourth-order valence-electron chi connectivity index (χ4n) is 1.69. The van der Waals surface area contributed by atoms with Gasteiger partial charge >= 0.3 is 0 Å². The summed E-state index contributed by atoms with van der Waals surface area (Å²) < 4.78 is 13.5. The van der Waals surface area contributed by atoms with E-state index in [1.807, 2.05) is 19.1 Å². The Morgan fingerprint density at radius 2 is 1.89 bits per heavy atom. The summed E-state index contributed by atoms with van der Waals surface area (Å²) in [5, 5.41) is 3.32. The van der Waals surface area contributed by atoms with Crippen LogP contribution in [0.25, 0.3) is 0 Å². The number of hydrogen-bond acceptors (Lipinski definition) is 1. The minimum atomic E-state index is -0.515. The Morgan fingerprint density at radius 3 is 2.58 bits per heavy atom. The molecule has 0 aliphatic heterocycles. The number of hydrogen-bond donors (Lipinski definition) is 1. The van der Waals surface area contributed by atoms with Gasteiger partial charge in [-0.3, -0.25) is 4.79 Å². The van der Waals surface area contributed by atoms with Crippen molar-refractivity contribution in [3.8, 4) is 0 Å². The molecule has 19 heavy (non-hydrogen) atoms. The number of carbonyl (C=O) groups is 1. The normalized spacial score (nSPS) is 10.3. The average Bonchev–Trinajstić information content (AvgIpc) is 2.40. The first-order valence-electron chi connectivity index (χ1n) is 5.85. The summed E-state index contributed by atoms with van der Waals surface area (Å²) in [5.74, 6) is -0.935. The fraction of sp³-hybridized carbons (Fsp3) is 0.133. The number of nitrogens with one attached hydrogen (secondary N) is 1. The Balaban J connectivity index is 2.05. The van der Waals surface area contributed by atoms with Crippen LogP contribution in [0.4, 0.5) is 4.39 Å². The SMILES string of the molecule is Cc1ccc(F)c(C(=O)NCc2ccc(Cl)cc2)c1. The van der Waals surface area contributed by atoms with Gasteiger partial charge < -0.3 is 5.32 Å². The lowest BCUT2D eigenvalue weighted by Gasteiger charge is -2.07. The van der Waals surface area contributed by atoms with Crippen molar-refractivity contribution in [2.45, 2.75) is 13.5 Å². The minimum Gasteiger partial charge on any atom is -0.348 e. The Bertz CT molecular complexity index is 596. The van der Waals surface area contributed by atoms with Crippen LogP contribution in [0, 0.1) is 12.7 Å². The summed E-state index contributed by atoms with van der Waals surface area (Å²) in [6.45, 7) is 2.15. The van der Waals surface area contributed by atoms with Crippen molar-refractivity contribution >= 4 is 17.5 Å². The van der Waals surface area contributed by atoms with Gasteiger partial charge in [0.1, 0.15) is 5.82 Å². The molecule has 2 rings (SSSR count). The molecule has 0 radical (unpaired) electrons. The van der Waals surface area contributed by atoms with Crippen LogP contribution in [-0.2, 0) is 6.54 Å². The van der Waals surface area contributed by atoms with E-state index in [1.54, 1.807) is 18.2 Å². The first-order chi connectivity index (χ1) is 9.06. The number of carbonyl (C=O) groups excluding carboxylic acids is 1. The van der Waals surface area contributed by atoms with E-state index in [2.05, 4.69) is 5.32 Å². The molecule has 0 saturated carbocycles. The highest BCUT2D eigenvalue weighted by Crippen LogP contribution is 2.11. The fourth-order valence-corrected chi connectivity index (χ4v) is 1.82. The molecule has 0 aliphatic carbocycles. The maximum atomic E-state index is 13.5. The highest BCUT2D eigenvalue weighted by Gasteiger charge is 2.11. The Morgan fingerprint density at radius 1 is 1.21 bits per heavy atom. The zero-order chi connectivity index (χ0) is 13.8. The quantitative estimate of drug-likeness (QED) is 0.910. The second-order valence-electron chi connectivity index (χ2n) is 4.29. The molecule has 0 fully saturated rings. The van der Waals surface area contributed by atoms with Gasteiger partial charge in [0.2, 0.25) is 0 Å². The van der Waals surface area contributed by atoms with Crippen LogP contribution in [0.1, 0.15) is 21.5 Å². The third-order valence-corrected chi connectivity index (χ3v) is 2.98. The number of halogens is 2. The number of rotatable bonds is 3. The lowest BCUT2D eigenvalue weighted by Crippen LogP contribution is -2.23. The first-order valence-corrected chi connectivity index (χ1v) is 6.23. The van der Waals surface area contributed by atoms with Gasteiger partial charge in [0, 0.05) is 11.6 Å². The van der Waals surface area contributed by atoms with E-state index >= 15 is 0 Å². The van der Waals surface area contributed by atoms with Crippen LogP contribution >= 0.6 is 11.6 Å².